The van der Waals surface area contributed by atoms with Gasteiger partial charge in [-0.15, -0.1) is 0 Å². The highest BCUT2D eigenvalue weighted by molar-refractivity contribution is 5.90. The number of methoxy groups -OCH3 is 1. The normalized spacial score (nSPS) is 18.8. The van der Waals surface area contributed by atoms with E-state index in [4.69, 9.17) is 9.47 Å². The van der Waals surface area contributed by atoms with Gasteiger partial charge in [0.15, 0.2) is 0 Å². The standard InChI is InChI=1S/C33H37F6N7O4/c1-5-23-16-25(29-26(7-8-27(43-29)49-4)46(23)31(48)50-6-2)42-28(20-13-21(32(34,35)36)15-22(14-20)33(37,38)39)30-40-17-24(18-41-30)45-11-9-44(10-12-45)19(3)47/h7-8,13-15,17-18,23,25,28,42H,5-6,9-12,16H2,1-4H3/t23-,25+,28?/m1/s1. The second kappa shape index (κ2) is 14.7. The van der Waals surface area contributed by atoms with Crippen LogP contribution in [-0.2, 0) is 21.9 Å². The maximum Gasteiger partial charge on any atom is 0.416 e. The summed E-state index contributed by atoms with van der Waals surface area (Å²) >= 11 is 0. The van der Waals surface area contributed by atoms with Gasteiger partial charge in [-0.1, -0.05) is 6.92 Å². The van der Waals surface area contributed by atoms with Gasteiger partial charge in [0.25, 0.3) is 0 Å². The smallest absolute Gasteiger partial charge is 0.416 e. The summed E-state index contributed by atoms with van der Waals surface area (Å²) in [5.41, 5.74) is -2.16. The number of amides is 2. The van der Waals surface area contributed by atoms with Crippen LogP contribution in [0.2, 0.25) is 0 Å². The molecule has 50 heavy (non-hydrogen) atoms. The number of benzene rings is 1. The number of halogens is 6. The van der Waals surface area contributed by atoms with Crippen LogP contribution in [0.1, 0.15) is 73.9 Å². The second-order valence-electron chi connectivity index (χ2n) is 11.9. The van der Waals surface area contributed by atoms with E-state index >= 15 is 0 Å². The Bertz CT molecular complexity index is 1650. The van der Waals surface area contributed by atoms with Crippen molar-refractivity contribution in [2.45, 2.75) is 64.1 Å². The fraction of sp³-hybridized carbons (Fsp3) is 0.485. The van der Waals surface area contributed by atoms with Crippen LogP contribution in [0.15, 0.2) is 42.7 Å². The summed E-state index contributed by atoms with van der Waals surface area (Å²) in [5, 5.41) is 3.21. The minimum Gasteiger partial charge on any atom is -0.481 e. The molecular formula is C33H37F6N7O4. The van der Waals surface area contributed by atoms with Crippen LogP contribution in [0.4, 0.5) is 42.5 Å². The number of ether oxygens (including phenoxy) is 2. The van der Waals surface area contributed by atoms with E-state index < -0.39 is 47.7 Å². The first-order valence-corrected chi connectivity index (χ1v) is 16.0. The summed E-state index contributed by atoms with van der Waals surface area (Å²) < 4.78 is 94.8. The molecule has 2 aliphatic rings. The van der Waals surface area contributed by atoms with E-state index in [9.17, 15) is 35.9 Å². The zero-order valence-corrected chi connectivity index (χ0v) is 27.8. The van der Waals surface area contributed by atoms with Gasteiger partial charge in [0, 0.05) is 45.2 Å². The van der Waals surface area contributed by atoms with Gasteiger partial charge in [-0.2, -0.15) is 26.3 Å². The number of carbonyl (C=O) groups is 2. The van der Waals surface area contributed by atoms with Crippen LogP contribution in [0.25, 0.3) is 0 Å². The molecule has 0 saturated carbocycles. The van der Waals surface area contributed by atoms with E-state index in [1.165, 1.54) is 37.4 Å². The Morgan fingerprint density at radius 1 is 0.960 bits per heavy atom. The van der Waals surface area contributed by atoms with Gasteiger partial charge < -0.3 is 19.3 Å². The first-order valence-electron chi connectivity index (χ1n) is 16.0. The maximum absolute atomic E-state index is 14.0. The Balaban J connectivity index is 1.61. The largest absolute Gasteiger partial charge is 0.481 e. The summed E-state index contributed by atoms with van der Waals surface area (Å²) in [7, 11) is 1.39. The molecule has 2 aromatic heterocycles. The molecule has 0 aliphatic carbocycles. The average Bonchev–Trinajstić information content (AvgIpc) is 3.09. The van der Waals surface area contributed by atoms with Crippen molar-refractivity contribution in [2.24, 2.45) is 0 Å². The topological polar surface area (TPSA) is 113 Å². The molecule has 0 radical (unpaired) electrons. The summed E-state index contributed by atoms with van der Waals surface area (Å²) in [6.07, 6.45) is -7.30. The van der Waals surface area contributed by atoms with Gasteiger partial charge in [-0.05, 0) is 49.6 Å². The number of pyridine rings is 1. The fourth-order valence-electron chi connectivity index (χ4n) is 6.23. The monoisotopic (exact) mass is 709 g/mol. The molecule has 270 valence electrons. The van der Waals surface area contributed by atoms with E-state index in [2.05, 4.69) is 20.3 Å². The van der Waals surface area contributed by atoms with E-state index in [1.807, 2.05) is 11.8 Å². The number of carbonyl (C=O) groups excluding carboxylic acids is 2. The average molecular weight is 710 g/mol. The van der Waals surface area contributed by atoms with Crippen molar-refractivity contribution in [3.05, 3.63) is 70.9 Å². The minimum atomic E-state index is -5.09. The molecule has 1 saturated heterocycles. The molecule has 3 atom stereocenters. The van der Waals surface area contributed by atoms with Crippen molar-refractivity contribution in [3.63, 3.8) is 0 Å². The number of piperazine rings is 1. The van der Waals surface area contributed by atoms with Crippen molar-refractivity contribution >= 4 is 23.4 Å². The lowest BCUT2D eigenvalue weighted by Gasteiger charge is -2.40. The molecule has 1 unspecified atom stereocenters. The highest BCUT2D eigenvalue weighted by Crippen LogP contribution is 2.42. The molecule has 1 N–H and O–H groups in total. The van der Waals surface area contributed by atoms with Gasteiger partial charge in [-0.3, -0.25) is 15.0 Å². The first-order chi connectivity index (χ1) is 23.6. The van der Waals surface area contributed by atoms with Crippen molar-refractivity contribution in [3.8, 4) is 5.88 Å². The van der Waals surface area contributed by atoms with Crippen molar-refractivity contribution in [1.29, 1.82) is 0 Å². The maximum atomic E-state index is 14.0. The van der Waals surface area contributed by atoms with Crippen LogP contribution in [0.3, 0.4) is 0 Å². The van der Waals surface area contributed by atoms with Crippen LogP contribution < -0.4 is 19.9 Å². The first kappa shape index (κ1) is 36.6. The molecular weight excluding hydrogens is 672 g/mol. The van der Waals surface area contributed by atoms with E-state index in [0.717, 1.165) is 0 Å². The number of aromatic nitrogens is 3. The molecule has 4 heterocycles. The fourth-order valence-corrected chi connectivity index (χ4v) is 6.23. The lowest BCUT2D eigenvalue weighted by Crippen LogP contribution is -2.48. The number of hydrogen-bond acceptors (Lipinski definition) is 9. The Morgan fingerprint density at radius 3 is 2.10 bits per heavy atom. The van der Waals surface area contributed by atoms with E-state index in [1.54, 1.807) is 17.9 Å². The van der Waals surface area contributed by atoms with E-state index in [-0.39, 0.29) is 48.0 Å². The third-order valence-corrected chi connectivity index (χ3v) is 8.80. The van der Waals surface area contributed by atoms with Crippen LogP contribution in [-0.4, -0.2) is 77.8 Å². The highest BCUT2D eigenvalue weighted by Gasteiger charge is 2.41. The Morgan fingerprint density at radius 2 is 1.58 bits per heavy atom. The Hall–Kier alpha value is -4.67. The Labute approximate surface area is 284 Å². The quantitative estimate of drug-likeness (QED) is 0.275. The van der Waals surface area contributed by atoms with Gasteiger partial charge in [0.1, 0.15) is 5.82 Å². The van der Waals surface area contributed by atoms with Crippen LogP contribution in [0.5, 0.6) is 5.88 Å². The third-order valence-electron chi connectivity index (χ3n) is 8.80. The predicted octanol–water partition coefficient (Wildman–Crippen LogP) is 6.15. The summed E-state index contributed by atoms with van der Waals surface area (Å²) in [6.45, 7) is 6.97. The minimum absolute atomic E-state index is 0.0587. The molecule has 0 spiro atoms. The number of rotatable bonds is 8. The highest BCUT2D eigenvalue weighted by atomic mass is 19.4. The molecule has 1 aromatic carbocycles. The van der Waals surface area contributed by atoms with E-state index in [0.29, 0.717) is 56.1 Å². The van der Waals surface area contributed by atoms with Crippen molar-refractivity contribution < 1.29 is 45.4 Å². The van der Waals surface area contributed by atoms with Gasteiger partial charge >= 0.3 is 18.4 Å². The zero-order valence-electron chi connectivity index (χ0n) is 27.8. The SMILES string of the molecule is CCOC(=O)N1c2ccc(OC)nc2[C@@H](NC(c2cc(C(F)(F)F)cc(C(F)(F)F)c2)c2ncc(N3CCN(C(C)=O)CC3)cn2)C[C@H]1CC. The summed E-state index contributed by atoms with van der Waals surface area (Å²) in [5.74, 6) is 0.0280. The molecule has 2 amide bonds. The lowest BCUT2D eigenvalue weighted by atomic mass is 9.91. The number of nitrogens with one attached hydrogen (secondary N) is 1. The zero-order chi connectivity index (χ0) is 36.4. The predicted molar refractivity (Wildman–Crippen MR) is 170 cm³/mol. The van der Waals surface area contributed by atoms with Gasteiger partial charge in [-0.25, -0.2) is 19.7 Å². The van der Waals surface area contributed by atoms with Gasteiger partial charge in [0.05, 0.1) is 66.4 Å². The molecule has 11 nitrogen and oxygen atoms in total. The number of hydrogen-bond donors (Lipinski definition) is 1. The number of nitrogens with zero attached hydrogens (tertiary/aromatic N) is 6. The number of alkyl halides is 6. The summed E-state index contributed by atoms with van der Waals surface area (Å²) in [4.78, 5) is 43.4. The molecule has 3 aromatic rings. The number of anilines is 2. The van der Waals surface area contributed by atoms with Crippen molar-refractivity contribution in [2.75, 3.05) is 49.7 Å². The summed E-state index contributed by atoms with van der Waals surface area (Å²) in [6, 6.07) is 1.83. The Kier molecular flexibility index (Phi) is 10.7. The second-order valence-corrected chi connectivity index (χ2v) is 11.9. The van der Waals surface area contributed by atoms with Crippen LogP contribution in [0, 0.1) is 0 Å². The van der Waals surface area contributed by atoms with Gasteiger partial charge in [0.2, 0.25) is 11.8 Å². The van der Waals surface area contributed by atoms with Crippen LogP contribution >= 0.6 is 0 Å². The lowest BCUT2D eigenvalue weighted by molar-refractivity contribution is -0.143. The third kappa shape index (κ3) is 7.87. The molecule has 0 bridgehead atoms. The number of fused-ring (bicyclic) bond motifs is 1. The molecule has 1 fully saturated rings. The molecule has 5 rings (SSSR count). The van der Waals surface area contributed by atoms with Crippen molar-refractivity contribution in [1.82, 2.24) is 25.2 Å². The molecule has 17 heteroatoms. The molecule has 2 aliphatic heterocycles.